The van der Waals surface area contributed by atoms with E-state index in [0.717, 1.165) is 30.8 Å². The molecule has 0 amide bonds. The van der Waals surface area contributed by atoms with E-state index in [1.54, 1.807) is 6.20 Å². The van der Waals surface area contributed by atoms with Crippen LogP contribution in [-0.2, 0) is 0 Å². The molecule has 0 aliphatic carbocycles. The highest BCUT2D eigenvalue weighted by atomic mass is 16.5. The van der Waals surface area contributed by atoms with Crippen molar-refractivity contribution >= 4 is 0 Å². The molecule has 3 N–H and O–H groups in total. The molecule has 1 aromatic heterocycles. The molecule has 4 heteroatoms. The summed E-state index contributed by atoms with van der Waals surface area (Å²) in [6.45, 7) is 5.04. The first-order valence-corrected chi connectivity index (χ1v) is 7.35. The van der Waals surface area contributed by atoms with Crippen LogP contribution in [0.1, 0.15) is 64.0 Å². The quantitative estimate of drug-likeness (QED) is 0.387. The number of nitrogens with zero attached hydrogens (tertiary/aromatic N) is 1. The van der Waals surface area contributed by atoms with Crippen LogP contribution in [0.4, 0.5) is 0 Å². The van der Waals surface area contributed by atoms with Gasteiger partial charge in [-0.25, -0.2) is 0 Å². The summed E-state index contributed by atoms with van der Waals surface area (Å²) >= 11 is 0. The normalized spacial score (nSPS) is 12.4. The van der Waals surface area contributed by atoms with Crippen LogP contribution in [0.15, 0.2) is 18.5 Å². The molecule has 0 spiro atoms. The molecule has 1 atom stereocenters. The summed E-state index contributed by atoms with van der Waals surface area (Å²) in [5, 5.41) is 0. The number of hydrogen-bond donors (Lipinski definition) is 2. The second kappa shape index (κ2) is 9.75. The molecule has 1 heterocycles. The van der Waals surface area contributed by atoms with Crippen LogP contribution in [0.25, 0.3) is 0 Å². The van der Waals surface area contributed by atoms with Crippen LogP contribution in [0.5, 0.6) is 5.75 Å². The third kappa shape index (κ3) is 6.03. The van der Waals surface area contributed by atoms with E-state index in [1.165, 1.54) is 25.7 Å². The third-order valence-electron chi connectivity index (χ3n) is 3.16. The van der Waals surface area contributed by atoms with Crippen molar-refractivity contribution in [1.29, 1.82) is 0 Å². The van der Waals surface area contributed by atoms with Crippen LogP contribution in [-0.4, -0.2) is 11.6 Å². The molecule has 0 aromatic carbocycles. The minimum atomic E-state index is 0.162. The van der Waals surface area contributed by atoms with Crippen LogP contribution < -0.4 is 16.0 Å². The predicted octanol–water partition coefficient (Wildman–Crippen LogP) is 3.35. The Labute approximate surface area is 116 Å². The minimum absolute atomic E-state index is 0.162. The average molecular weight is 265 g/mol. The predicted molar refractivity (Wildman–Crippen MR) is 78.8 cm³/mol. The van der Waals surface area contributed by atoms with E-state index in [9.17, 15) is 0 Å². The third-order valence-corrected chi connectivity index (χ3v) is 3.16. The van der Waals surface area contributed by atoms with E-state index in [-0.39, 0.29) is 6.04 Å². The molecule has 1 unspecified atom stereocenters. The summed E-state index contributed by atoms with van der Waals surface area (Å²) in [7, 11) is 0. The summed E-state index contributed by atoms with van der Waals surface area (Å²) < 4.78 is 5.60. The first-order chi connectivity index (χ1) is 9.31. The molecule has 1 rings (SSSR count). The Morgan fingerprint density at radius 3 is 2.74 bits per heavy atom. The monoisotopic (exact) mass is 265 g/mol. The van der Waals surface area contributed by atoms with Crippen LogP contribution in [0.3, 0.4) is 0 Å². The van der Waals surface area contributed by atoms with Crippen molar-refractivity contribution in [3.63, 3.8) is 0 Å². The first kappa shape index (κ1) is 15.9. The summed E-state index contributed by atoms with van der Waals surface area (Å²) in [6.07, 6.45) is 10.6. The van der Waals surface area contributed by atoms with Gasteiger partial charge in [-0.15, -0.1) is 0 Å². The van der Waals surface area contributed by atoms with Gasteiger partial charge in [0.25, 0.3) is 0 Å². The molecule has 0 radical (unpaired) electrons. The molecule has 0 aliphatic rings. The maximum absolute atomic E-state index is 5.65. The Balaban J connectivity index is 2.54. The number of unbranched alkanes of at least 4 members (excludes halogenated alkanes) is 3. The zero-order valence-electron chi connectivity index (χ0n) is 12.2. The van der Waals surface area contributed by atoms with E-state index in [0.29, 0.717) is 0 Å². The molecule has 108 valence electrons. The van der Waals surface area contributed by atoms with Gasteiger partial charge >= 0.3 is 0 Å². The maximum atomic E-state index is 5.65. The van der Waals surface area contributed by atoms with Gasteiger partial charge in [-0.1, -0.05) is 39.5 Å². The van der Waals surface area contributed by atoms with Gasteiger partial charge in [0.05, 0.1) is 12.8 Å². The lowest BCUT2D eigenvalue weighted by Crippen LogP contribution is -2.28. The highest BCUT2D eigenvalue weighted by Crippen LogP contribution is 2.22. The van der Waals surface area contributed by atoms with E-state index < -0.39 is 0 Å². The number of pyridine rings is 1. The molecule has 0 saturated carbocycles. The standard InChI is InChI=1S/C15H27N3O/c1-3-5-6-7-8-15(18-16)13-10-14(12-17-11-13)19-9-4-2/h10-12,15,18H,3-9,16H2,1-2H3. The van der Waals surface area contributed by atoms with Crippen molar-refractivity contribution < 1.29 is 4.74 Å². The molecular formula is C15H27N3O. The number of hydrazine groups is 1. The number of rotatable bonds is 10. The molecular weight excluding hydrogens is 238 g/mol. The van der Waals surface area contributed by atoms with Crippen molar-refractivity contribution in [1.82, 2.24) is 10.4 Å². The summed E-state index contributed by atoms with van der Waals surface area (Å²) in [4.78, 5) is 4.23. The fraction of sp³-hybridized carbons (Fsp3) is 0.667. The number of aromatic nitrogens is 1. The van der Waals surface area contributed by atoms with Crippen LogP contribution in [0.2, 0.25) is 0 Å². The molecule has 0 fully saturated rings. The van der Waals surface area contributed by atoms with Gasteiger partial charge in [0.15, 0.2) is 0 Å². The lowest BCUT2D eigenvalue weighted by Gasteiger charge is -2.16. The first-order valence-electron chi connectivity index (χ1n) is 7.35. The fourth-order valence-corrected chi connectivity index (χ4v) is 2.05. The molecule has 0 saturated heterocycles. The van der Waals surface area contributed by atoms with E-state index >= 15 is 0 Å². The topological polar surface area (TPSA) is 60.2 Å². The van der Waals surface area contributed by atoms with Crippen molar-refractivity contribution in [3.8, 4) is 5.75 Å². The van der Waals surface area contributed by atoms with Gasteiger partial charge in [0.2, 0.25) is 0 Å². The Kier molecular flexibility index (Phi) is 8.18. The van der Waals surface area contributed by atoms with E-state index in [4.69, 9.17) is 10.6 Å². The largest absolute Gasteiger partial charge is 0.492 e. The van der Waals surface area contributed by atoms with Gasteiger partial charge < -0.3 is 4.74 Å². The lowest BCUT2D eigenvalue weighted by atomic mass is 10.0. The minimum Gasteiger partial charge on any atom is -0.492 e. The highest BCUT2D eigenvalue weighted by molar-refractivity contribution is 5.25. The number of nitrogens with one attached hydrogen (secondary N) is 1. The van der Waals surface area contributed by atoms with E-state index in [1.807, 2.05) is 12.3 Å². The number of hydrogen-bond acceptors (Lipinski definition) is 4. The summed E-state index contributed by atoms with van der Waals surface area (Å²) in [5.74, 6) is 6.48. The van der Waals surface area contributed by atoms with Gasteiger partial charge in [-0.3, -0.25) is 16.3 Å². The molecule has 0 bridgehead atoms. The van der Waals surface area contributed by atoms with Gasteiger partial charge in [0.1, 0.15) is 5.75 Å². The van der Waals surface area contributed by atoms with E-state index in [2.05, 4.69) is 24.3 Å². The lowest BCUT2D eigenvalue weighted by molar-refractivity contribution is 0.315. The second-order valence-corrected chi connectivity index (χ2v) is 4.87. The smallest absolute Gasteiger partial charge is 0.137 e. The summed E-state index contributed by atoms with van der Waals surface area (Å²) in [6, 6.07) is 2.20. The molecule has 1 aromatic rings. The zero-order valence-corrected chi connectivity index (χ0v) is 12.2. The Hall–Kier alpha value is -1.13. The zero-order chi connectivity index (χ0) is 13.9. The molecule has 19 heavy (non-hydrogen) atoms. The maximum Gasteiger partial charge on any atom is 0.137 e. The Morgan fingerprint density at radius 2 is 2.05 bits per heavy atom. The van der Waals surface area contributed by atoms with Crippen molar-refractivity contribution in [3.05, 3.63) is 24.0 Å². The van der Waals surface area contributed by atoms with Crippen molar-refractivity contribution in [2.75, 3.05) is 6.61 Å². The molecule has 0 aliphatic heterocycles. The van der Waals surface area contributed by atoms with Crippen LogP contribution in [0, 0.1) is 0 Å². The SMILES string of the molecule is CCCCCCC(NN)c1cncc(OCCC)c1. The van der Waals surface area contributed by atoms with Crippen LogP contribution >= 0.6 is 0 Å². The van der Waals surface area contributed by atoms with Crippen molar-refractivity contribution in [2.24, 2.45) is 5.84 Å². The second-order valence-electron chi connectivity index (χ2n) is 4.87. The molecule has 4 nitrogen and oxygen atoms in total. The average Bonchev–Trinajstić information content (AvgIpc) is 2.45. The fourth-order valence-electron chi connectivity index (χ4n) is 2.05. The Morgan fingerprint density at radius 1 is 1.21 bits per heavy atom. The summed E-state index contributed by atoms with van der Waals surface area (Å²) in [5.41, 5.74) is 3.99. The number of nitrogens with two attached hydrogens (primary N) is 1. The van der Waals surface area contributed by atoms with Crippen molar-refractivity contribution in [2.45, 2.75) is 58.4 Å². The van der Waals surface area contributed by atoms with Gasteiger partial charge in [0, 0.05) is 12.2 Å². The number of ether oxygens (including phenoxy) is 1. The highest BCUT2D eigenvalue weighted by Gasteiger charge is 2.10. The van der Waals surface area contributed by atoms with Gasteiger partial charge in [-0.2, -0.15) is 0 Å². The Bertz CT molecular complexity index is 344. The van der Waals surface area contributed by atoms with Gasteiger partial charge in [-0.05, 0) is 24.5 Å².